The summed E-state index contributed by atoms with van der Waals surface area (Å²) >= 11 is 2.02. The maximum absolute atomic E-state index is 5.09. The van der Waals surface area contributed by atoms with Crippen molar-refractivity contribution < 1.29 is 4.74 Å². The summed E-state index contributed by atoms with van der Waals surface area (Å²) in [6, 6.07) is 1.28. The molecule has 0 aliphatic carbocycles. The second-order valence-corrected chi connectivity index (χ2v) is 4.68. The maximum Gasteiger partial charge on any atom is 0.0643 e. The first-order valence-corrected chi connectivity index (χ1v) is 5.90. The third kappa shape index (κ3) is 3.78. The zero-order valence-corrected chi connectivity index (χ0v) is 8.82. The highest BCUT2D eigenvalue weighted by Crippen LogP contribution is 2.06. The standard InChI is InChI=1S/C9H19NOS/c1-3-12-5-4-8(2)10-9-6-11-7-9/h8-10H,3-7H2,1-2H3. The molecule has 1 aliphatic rings. The molecule has 0 saturated carbocycles. The van der Waals surface area contributed by atoms with Crippen LogP contribution in [-0.4, -0.2) is 36.8 Å². The average Bonchev–Trinajstić information content (AvgIpc) is 1.98. The monoisotopic (exact) mass is 189 g/mol. The zero-order valence-electron chi connectivity index (χ0n) is 8.01. The predicted molar refractivity (Wildman–Crippen MR) is 54.8 cm³/mol. The molecule has 12 heavy (non-hydrogen) atoms. The Morgan fingerprint density at radius 3 is 2.83 bits per heavy atom. The van der Waals surface area contributed by atoms with E-state index in [-0.39, 0.29) is 0 Å². The van der Waals surface area contributed by atoms with Crippen LogP contribution in [0.2, 0.25) is 0 Å². The van der Waals surface area contributed by atoms with Crippen molar-refractivity contribution in [1.82, 2.24) is 5.32 Å². The molecule has 0 amide bonds. The van der Waals surface area contributed by atoms with Gasteiger partial charge < -0.3 is 10.1 Å². The average molecular weight is 189 g/mol. The highest BCUT2D eigenvalue weighted by Gasteiger charge is 2.19. The molecule has 1 unspecified atom stereocenters. The number of nitrogens with one attached hydrogen (secondary N) is 1. The lowest BCUT2D eigenvalue weighted by Crippen LogP contribution is -2.49. The van der Waals surface area contributed by atoms with E-state index in [2.05, 4.69) is 19.2 Å². The van der Waals surface area contributed by atoms with Crippen LogP contribution in [0.4, 0.5) is 0 Å². The third-order valence-electron chi connectivity index (χ3n) is 2.06. The van der Waals surface area contributed by atoms with E-state index in [4.69, 9.17) is 4.74 Å². The summed E-state index contributed by atoms with van der Waals surface area (Å²) in [6.45, 7) is 6.29. The summed E-state index contributed by atoms with van der Waals surface area (Å²) in [4.78, 5) is 0. The van der Waals surface area contributed by atoms with Gasteiger partial charge in [-0.25, -0.2) is 0 Å². The molecular weight excluding hydrogens is 170 g/mol. The Bertz CT molecular complexity index is 117. The molecule has 0 aromatic rings. The van der Waals surface area contributed by atoms with Crippen LogP contribution in [0.1, 0.15) is 20.3 Å². The van der Waals surface area contributed by atoms with Crippen molar-refractivity contribution >= 4 is 11.8 Å². The van der Waals surface area contributed by atoms with E-state index in [0.29, 0.717) is 12.1 Å². The maximum atomic E-state index is 5.09. The summed E-state index contributed by atoms with van der Waals surface area (Å²) in [6.07, 6.45) is 1.27. The second kappa shape index (κ2) is 5.84. The molecule has 0 aromatic carbocycles. The lowest BCUT2D eigenvalue weighted by atomic mass is 10.2. The molecule has 1 aliphatic heterocycles. The summed E-state index contributed by atoms with van der Waals surface area (Å²) in [5.41, 5.74) is 0. The molecule has 0 bridgehead atoms. The van der Waals surface area contributed by atoms with Gasteiger partial charge in [0, 0.05) is 6.04 Å². The first kappa shape index (κ1) is 10.4. The summed E-state index contributed by atoms with van der Waals surface area (Å²) in [5, 5.41) is 3.54. The van der Waals surface area contributed by atoms with Gasteiger partial charge in [-0.3, -0.25) is 0 Å². The Labute approximate surface area is 79.4 Å². The van der Waals surface area contributed by atoms with E-state index in [1.165, 1.54) is 17.9 Å². The van der Waals surface area contributed by atoms with E-state index >= 15 is 0 Å². The Morgan fingerprint density at radius 1 is 1.58 bits per heavy atom. The predicted octanol–water partition coefficient (Wildman–Crippen LogP) is 1.51. The molecule has 1 heterocycles. The third-order valence-corrected chi connectivity index (χ3v) is 2.99. The van der Waals surface area contributed by atoms with Crippen LogP contribution in [0.25, 0.3) is 0 Å². The second-order valence-electron chi connectivity index (χ2n) is 3.29. The molecule has 3 heteroatoms. The van der Waals surface area contributed by atoms with Crippen molar-refractivity contribution in [1.29, 1.82) is 0 Å². The van der Waals surface area contributed by atoms with E-state index in [1.54, 1.807) is 0 Å². The van der Waals surface area contributed by atoms with Crippen LogP contribution in [0.15, 0.2) is 0 Å². The number of rotatable bonds is 6. The molecule has 1 N–H and O–H groups in total. The smallest absolute Gasteiger partial charge is 0.0643 e. The van der Waals surface area contributed by atoms with Crippen LogP contribution in [0.3, 0.4) is 0 Å². The van der Waals surface area contributed by atoms with Crippen molar-refractivity contribution in [2.75, 3.05) is 24.7 Å². The number of ether oxygens (including phenoxy) is 1. The van der Waals surface area contributed by atoms with Gasteiger partial charge in [-0.2, -0.15) is 11.8 Å². The number of thioether (sulfide) groups is 1. The first-order chi connectivity index (χ1) is 5.83. The molecule has 1 rings (SSSR count). The minimum Gasteiger partial charge on any atom is -0.378 e. The van der Waals surface area contributed by atoms with Gasteiger partial charge in [0.2, 0.25) is 0 Å². The Morgan fingerprint density at radius 2 is 2.33 bits per heavy atom. The fourth-order valence-electron chi connectivity index (χ4n) is 1.22. The highest BCUT2D eigenvalue weighted by molar-refractivity contribution is 7.99. The van der Waals surface area contributed by atoms with E-state index in [9.17, 15) is 0 Å². The Kier molecular flexibility index (Phi) is 5.04. The van der Waals surface area contributed by atoms with Crippen LogP contribution >= 0.6 is 11.8 Å². The van der Waals surface area contributed by atoms with Crippen LogP contribution in [0.5, 0.6) is 0 Å². The van der Waals surface area contributed by atoms with Gasteiger partial charge >= 0.3 is 0 Å². The lowest BCUT2D eigenvalue weighted by molar-refractivity contribution is -0.00921. The highest BCUT2D eigenvalue weighted by atomic mass is 32.2. The molecular formula is C9H19NOS. The molecule has 1 fully saturated rings. The summed E-state index contributed by atoms with van der Waals surface area (Å²) in [5.74, 6) is 2.51. The summed E-state index contributed by atoms with van der Waals surface area (Å²) in [7, 11) is 0. The number of hydrogen-bond acceptors (Lipinski definition) is 3. The molecule has 0 aromatic heterocycles. The van der Waals surface area contributed by atoms with Crippen molar-refractivity contribution in [2.45, 2.75) is 32.4 Å². The lowest BCUT2D eigenvalue weighted by Gasteiger charge is -2.30. The molecule has 2 nitrogen and oxygen atoms in total. The van der Waals surface area contributed by atoms with Gasteiger partial charge in [-0.05, 0) is 24.9 Å². The topological polar surface area (TPSA) is 21.3 Å². The molecule has 0 radical (unpaired) electrons. The van der Waals surface area contributed by atoms with Crippen molar-refractivity contribution in [3.8, 4) is 0 Å². The van der Waals surface area contributed by atoms with Gasteiger partial charge in [0.15, 0.2) is 0 Å². The fraction of sp³-hybridized carbons (Fsp3) is 1.00. The Hall–Kier alpha value is 0.270. The van der Waals surface area contributed by atoms with Crippen LogP contribution in [0, 0.1) is 0 Å². The van der Waals surface area contributed by atoms with Crippen molar-refractivity contribution in [3.63, 3.8) is 0 Å². The first-order valence-electron chi connectivity index (χ1n) is 4.74. The molecule has 1 saturated heterocycles. The molecule has 0 spiro atoms. The van der Waals surface area contributed by atoms with Crippen LogP contribution in [-0.2, 0) is 4.74 Å². The molecule has 1 atom stereocenters. The van der Waals surface area contributed by atoms with Gasteiger partial charge in [-0.1, -0.05) is 6.92 Å². The number of hydrogen-bond donors (Lipinski definition) is 1. The Balaban J connectivity index is 1.91. The minimum atomic E-state index is 0.631. The summed E-state index contributed by atoms with van der Waals surface area (Å²) < 4.78 is 5.09. The van der Waals surface area contributed by atoms with Gasteiger partial charge in [0.1, 0.15) is 0 Å². The van der Waals surface area contributed by atoms with E-state index < -0.39 is 0 Å². The largest absolute Gasteiger partial charge is 0.378 e. The molecule has 72 valence electrons. The van der Waals surface area contributed by atoms with Gasteiger partial charge in [0.05, 0.1) is 19.3 Å². The fourth-order valence-corrected chi connectivity index (χ4v) is 2.03. The minimum absolute atomic E-state index is 0.631. The van der Waals surface area contributed by atoms with Crippen molar-refractivity contribution in [2.24, 2.45) is 0 Å². The normalized spacial score (nSPS) is 20.5. The van der Waals surface area contributed by atoms with Crippen LogP contribution < -0.4 is 5.32 Å². The quantitative estimate of drug-likeness (QED) is 0.640. The zero-order chi connectivity index (χ0) is 8.81. The SMILES string of the molecule is CCSCCC(C)NC1COC1. The van der Waals surface area contributed by atoms with E-state index in [0.717, 1.165) is 13.2 Å². The van der Waals surface area contributed by atoms with Crippen molar-refractivity contribution in [3.05, 3.63) is 0 Å². The van der Waals surface area contributed by atoms with Gasteiger partial charge in [0.25, 0.3) is 0 Å². The van der Waals surface area contributed by atoms with Gasteiger partial charge in [-0.15, -0.1) is 0 Å². The van der Waals surface area contributed by atoms with E-state index in [1.807, 2.05) is 11.8 Å².